The van der Waals surface area contributed by atoms with Gasteiger partial charge in [0.1, 0.15) is 0 Å². The van der Waals surface area contributed by atoms with Gasteiger partial charge in [-0.2, -0.15) is 0 Å². The number of allylic oxidation sites excluding steroid dienone is 13. The average Bonchev–Trinajstić information content (AvgIpc) is 3.09. The Bertz CT molecular complexity index is 1490. The Morgan fingerprint density at radius 1 is 0.341 bits per heavy atom. The van der Waals surface area contributed by atoms with Crippen LogP contribution in [0, 0.1) is 0 Å². The zero-order chi connectivity index (χ0) is 31.3. The van der Waals surface area contributed by atoms with E-state index in [-0.39, 0.29) is 0 Å². The van der Waals surface area contributed by atoms with E-state index >= 15 is 0 Å². The second-order valence-corrected chi connectivity index (χ2v) is 9.17. The van der Waals surface area contributed by atoms with Gasteiger partial charge in [-0.15, -0.1) is 0 Å². The molecule has 0 N–H and O–H groups in total. The van der Waals surface area contributed by atoms with Gasteiger partial charge < -0.3 is 0 Å². The topological polar surface area (TPSA) is 0 Å². The van der Waals surface area contributed by atoms with Crippen molar-refractivity contribution < 1.29 is 0 Å². The Morgan fingerprint density at radius 3 is 1.07 bits per heavy atom. The maximum absolute atomic E-state index is 3.69. The van der Waals surface area contributed by atoms with Crippen LogP contribution in [-0.4, -0.2) is 0 Å². The molecule has 0 unspecified atom stereocenters. The third kappa shape index (κ3) is 17.2. The fourth-order valence-electron chi connectivity index (χ4n) is 3.57. The summed E-state index contributed by atoms with van der Waals surface area (Å²) < 4.78 is 0. The quantitative estimate of drug-likeness (QED) is 0.157. The largest absolute Gasteiger partial charge is 0.0991 e. The van der Waals surface area contributed by atoms with Crippen molar-refractivity contribution in [2.45, 2.75) is 0 Å². The number of hydrogen-bond acceptors (Lipinski definition) is 0. The highest BCUT2D eigenvalue weighted by molar-refractivity contribution is 5.57. The van der Waals surface area contributed by atoms with Gasteiger partial charge in [-0.25, -0.2) is 0 Å². The van der Waals surface area contributed by atoms with E-state index in [1.165, 1.54) is 22.3 Å². The molecule has 0 atom stereocenters. The summed E-state index contributed by atoms with van der Waals surface area (Å²) in [6.45, 7) is 10.9. The molecule has 0 saturated carbocycles. The minimum Gasteiger partial charge on any atom is -0.0991 e. The minimum absolute atomic E-state index is 1.10. The van der Waals surface area contributed by atoms with E-state index in [4.69, 9.17) is 0 Å². The molecule has 0 nitrogen and oxygen atoms in total. The van der Waals surface area contributed by atoms with Gasteiger partial charge in [0.25, 0.3) is 0 Å². The molecule has 0 fully saturated rings. The Kier molecular flexibility index (Phi) is 18.8. The molecule has 0 heteroatoms. The van der Waals surface area contributed by atoms with Crippen molar-refractivity contribution in [1.82, 2.24) is 0 Å². The van der Waals surface area contributed by atoms with E-state index < -0.39 is 0 Å². The van der Waals surface area contributed by atoms with Gasteiger partial charge >= 0.3 is 0 Å². The van der Waals surface area contributed by atoms with E-state index in [0.717, 1.165) is 5.57 Å². The third-order valence-electron chi connectivity index (χ3n) is 5.74. The van der Waals surface area contributed by atoms with E-state index in [1.807, 2.05) is 109 Å². The Hall–Kier alpha value is -5.72. The van der Waals surface area contributed by atoms with Crippen molar-refractivity contribution in [3.63, 3.8) is 0 Å². The molecule has 4 rings (SSSR count). The van der Waals surface area contributed by atoms with Crippen LogP contribution in [0.1, 0.15) is 22.3 Å². The van der Waals surface area contributed by atoms with Crippen molar-refractivity contribution in [2.75, 3.05) is 0 Å². The maximum Gasteiger partial charge on any atom is -0.0256 e. The monoisotopic (exact) mass is 570 g/mol. The van der Waals surface area contributed by atoms with Crippen molar-refractivity contribution >= 4 is 24.3 Å². The number of hydrogen-bond donors (Lipinski definition) is 0. The molecule has 0 aromatic heterocycles. The van der Waals surface area contributed by atoms with Crippen LogP contribution in [0.4, 0.5) is 0 Å². The van der Waals surface area contributed by atoms with Crippen molar-refractivity contribution in [3.8, 4) is 0 Å². The van der Waals surface area contributed by atoms with Crippen LogP contribution in [0.5, 0.6) is 0 Å². The summed E-state index contributed by atoms with van der Waals surface area (Å²) in [5.41, 5.74) is 5.94. The lowest BCUT2D eigenvalue weighted by Gasteiger charge is -1.93. The van der Waals surface area contributed by atoms with Crippen LogP contribution in [0.3, 0.4) is 0 Å². The van der Waals surface area contributed by atoms with Crippen molar-refractivity contribution in [3.05, 3.63) is 242 Å². The highest BCUT2D eigenvalue weighted by Gasteiger charge is 1.86. The second kappa shape index (κ2) is 23.9. The molecule has 44 heavy (non-hydrogen) atoms. The van der Waals surface area contributed by atoms with Gasteiger partial charge in [0, 0.05) is 0 Å². The summed E-state index contributed by atoms with van der Waals surface area (Å²) >= 11 is 0. The first-order valence-corrected chi connectivity index (χ1v) is 14.6. The molecule has 0 amide bonds. The van der Waals surface area contributed by atoms with Gasteiger partial charge in [0.05, 0.1) is 0 Å². The summed E-state index contributed by atoms with van der Waals surface area (Å²) in [4.78, 5) is 0. The molecule has 0 bridgehead atoms. The van der Waals surface area contributed by atoms with Crippen LogP contribution in [0.2, 0.25) is 0 Å². The molecular formula is C44H42. The molecule has 0 heterocycles. The Balaban J connectivity index is 0.000000233. The van der Waals surface area contributed by atoms with Gasteiger partial charge in [-0.05, 0) is 27.8 Å². The molecule has 0 radical (unpaired) electrons. The molecule has 0 aliphatic rings. The standard InChI is InChI=1S/C16H14.C16H16.C12H12/c1-3-9-15(10-4-1)13-7-8-14-16-11-5-2-6-12-16;1-3-5-10-15(9-4-2)13-14-16-11-7-6-8-12-16;1-2-3-4-6-9-12-10-7-5-8-11-12/h1-14H;3-14H,1-2H2;2-11H,1H2. The van der Waals surface area contributed by atoms with Gasteiger partial charge in [0.2, 0.25) is 0 Å². The second-order valence-electron chi connectivity index (χ2n) is 9.17. The molecule has 0 aliphatic carbocycles. The molecule has 0 spiro atoms. The number of rotatable bonds is 11. The maximum atomic E-state index is 3.69. The summed E-state index contributed by atoms with van der Waals surface area (Å²) in [7, 11) is 0. The summed E-state index contributed by atoms with van der Waals surface area (Å²) in [5, 5.41) is 0. The van der Waals surface area contributed by atoms with Crippen LogP contribution in [-0.2, 0) is 0 Å². The molecule has 218 valence electrons. The predicted molar refractivity (Wildman–Crippen MR) is 199 cm³/mol. The first-order chi connectivity index (χ1) is 21.7. The van der Waals surface area contributed by atoms with E-state index in [9.17, 15) is 0 Å². The molecule has 0 aliphatic heterocycles. The first-order valence-electron chi connectivity index (χ1n) is 14.6. The van der Waals surface area contributed by atoms with Crippen LogP contribution in [0.15, 0.2) is 220 Å². The molecular weight excluding hydrogens is 528 g/mol. The molecule has 4 aromatic rings. The van der Waals surface area contributed by atoms with Crippen LogP contribution < -0.4 is 0 Å². The number of benzene rings is 4. The first kappa shape index (κ1) is 34.5. The van der Waals surface area contributed by atoms with Gasteiger partial charge in [-0.1, -0.05) is 238 Å². The average molecular weight is 571 g/mol. The fraction of sp³-hybridized carbons (Fsp3) is 0. The zero-order valence-electron chi connectivity index (χ0n) is 25.4. The SMILES string of the molecule is C(C=Cc1ccccc1)=Cc1ccccc1.C=CC=CC(C=Cc1ccccc1)=CC=C.C=CC=CC=Cc1ccccc1. The lowest BCUT2D eigenvalue weighted by Crippen LogP contribution is -1.72. The molecule has 4 aromatic carbocycles. The summed E-state index contributed by atoms with van der Waals surface area (Å²) in [6.07, 6.45) is 31.5. The van der Waals surface area contributed by atoms with E-state index in [2.05, 4.69) is 111 Å². The molecule has 0 saturated heterocycles. The zero-order valence-corrected chi connectivity index (χ0v) is 25.4. The lowest BCUT2D eigenvalue weighted by molar-refractivity contribution is 1.64. The lowest BCUT2D eigenvalue weighted by atomic mass is 10.1. The van der Waals surface area contributed by atoms with Gasteiger partial charge in [0.15, 0.2) is 0 Å². The highest BCUT2D eigenvalue weighted by Crippen LogP contribution is 2.07. The third-order valence-corrected chi connectivity index (χ3v) is 5.74. The van der Waals surface area contributed by atoms with Crippen molar-refractivity contribution in [2.24, 2.45) is 0 Å². The van der Waals surface area contributed by atoms with Crippen molar-refractivity contribution in [1.29, 1.82) is 0 Å². The fourth-order valence-corrected chi connectivity index (χ4v) is 3.57. The summed E-state index contributed by atoms with van der Waals surface area (Å²) in [6, 6.07) is 41.0. The van der Waals surface area contributed by atoms with Crippen LogP contribution >= 0.6 is 0 Å². The normalized spacial score (nSPS) is 11.5. The minimum atomic E-state index is 1.10. The Morgan fingerprint density at radius 2 is 0.705 bits per heavy atom. The summed E-state index contributed by atoms with van der Waals surface area (Å²) in [5.74, 6) is 0. The Labute approximate surface area is 265 Å². The highest BCUT2D eigenvalue weighted by atomic mass is 13.9. The van der Waals surface area contributed by atoms with E-state index in [1.54, 1.807) is 18.2 Å². The van der Waals surface area contributed by atoms with Crippen LogP contribution in [0.25, 0.3) is 24.3 Å². The predicted octanol–water partition coefficient (Wildman–Crippen LogP) is 12.4. The smallest absolute Gasteiger partial charge is 0.0256 e. The van der Waals surface area contributed by atoms with Gasteiger partial charge in [-0.3, -0.25) is 0 Å². The van der Waals surface area contributed by atoms with E-state index in [0.29, 0.717) is 0 Å².